The largest absolute Gasteiger partial charge is 0.478 e. The van der Waals surface area contributed by atoms with Crippen molar-refractivity contribution in [3.63, 3.8) is 0 Å². The van der Waals surface area contributed by atoms with E-state index in [1.54, 1.807) is 0 Å². The maximum absolute atomic E-state index is 10.9. The first-order chi connectivity index (χ1) is 7.06. The number of carbonyl (C=O) groups is 1. The summed E-state index contributed by atoms with van der Waals surface area (Å²) in [5.74, 6) is -0.860. The van der Waals surface area contributed by atoms with E-state index in [1.165, 1.54) is 0 Å². The number of rotatable bonds is 3. The summed E-state index contributed by atoms with van der Waals surface area (Å²) in [5.41, 5.74) is 3.05. The summed E-state index contributed by atoms with van der Waals surface area (Å²) in [7, 11) is 0. The smallest absolute Gasteiger partial charge is 0.336 e. The number of hydrogen-bond acceptors (Lipinski definition) is 1. The second-order valence-corrected chi connectivity index (χ2v) is 4.04. The van der Waals surface area contributed by atoms with Gasteiger partial charge >= 0.3 is 5.97 Å². The summed E-state index contributed by atoms with van der Waals surface area (Å²) in [4.78, 5) is 10.9. The molecule has 0 aliphatic rings. The fourth-order valence-corrected chi connectivity index (χ4v) is 1.80. The average Bonchev–Trinajstić information content (AvgIpc) is 2.12. The van der Waals surface area contributed by atoms with Crippen LogP contribution in [-0.4, -0.2) is 16.4 Å². The van der Waals surface area contributed by atoms with Gasteiger partial charge in [-0.05, 0) is 30.5 Å². The van der Waals surface area contributed by atoms with Crippen LogP contribution in [0.4, 0.5) is 0 Å². The standard InChI is InChI=1S/C12H13BrO2/c1-8-6-10(4-3-5-13)7-9(2)11(8)12(14)15/h3-4,6-7H,5H2,1-2H3,(H,14,15). The van der Waals surface area contributed by atoms with Gasteiger partial charge in [-0.15, -0.1) is 0 Å². The number of aromatic carboxylic acids is 1. The van der Waals surface area contributed by atoms with Gasteiger partial charge in [0.25, 0.3) is 0 Å². The Labute approximate surface area is 97.8 Å². The molecule has 0 aliphatic carbocycles. The van der Waals surface area contributed by atoms with Crippen molar-refractivity contribution in [3.8, 4) is 0 Å². The topological polar surface area (TPSA) is 37.3 Å². The first-order valence-electron chi connectivity index (χ1n) is 4.63. The lowest BCUT2D eigenvalue weighted by Crippen LogP contribution is -2.03. The molecule has 0 fully saturated rings. The van der Waals surface area contributed by atoms with Crippen LogP contribution in [0.3, 0.4) is 0 Å². The van der Waals surface area contributed by atoms with Crippen LogP contribution in [0.25, 0.3) is 6.08 Å². The molecule has 80 valence electrons. The minimum Gasteiger partial charge on any atom is -0.478 e. The van der Waals surface area contributed by atoms with Crippen molar-refractivity contribution in [2.75, 3.05) is 5.33 Å². The predicted molar refractivity (Wildman–Crippen MR) is 65.7 cm³/mol. The first kappa shape index (κ1) is 12.0. The maximum atomic E-state index is 10.9. The van der Waals surface area contributed by atoms with Crippen molar-refractivity contribution in [3.05, 3.63) is 40.5 Å². The number of allylic oxidation sites excluding steroid dienone is 1. The fourth-order valence-electron chi connectivity index (χ4n) is 1.61. The van der Waals surface area contributed by atoms with Crippen LogP contribution < -0.4 is 0 Å². The number of carboxylic acids is 1. The molecule has 1 rings (SSSR count). The van der Waals surface area contributed by atoms with Crippen LogP contribution in [-0.2, 0) is 0 Å². The van der Waals surface area contributed by atoms with Crippen molar-refractivity contribution < 1.29 is 9.90 Å². The molecule has 0 aromatic heterocycles. The van der Waals surface area contributed by atoms with E-state index in [0.717, 1.165) is 22.0 Å². The molecule has 0 bridgehead atoms. The van der Waals surface area contributed by atoms with Crippen LogP contribution in [0.15, 0.2) is 18.2 Å². The summed E-state index contributed by atoms with van der Waals surface area (Å²) < 4.78 is 0. The number of aryl methyl sites for hydroxylation is 2. The van der Waals surface area contributed by atoms with E-state index >= 15 is 0 Å². The molecule has 2 nitrogen and oxygen atoms in total. The Balaban J connectivity index is 3.19. The number of alkyl halides is 1. The molecule has 1 N–H and O–H groups in total. The van der Waals surface area contributed by atoms with Crippen molar-refractivity contribution in [1.82, 2.24) is 0 Å². The monoisotopic (exact) mass is 268 g/mol. The van der Waals surface area contributed by atoms with Crippen LogP contribution in [0, 0.1) is 13.8 Å². The highest BCUT2D eigenvalue weighted by atomic mass is 79.9. The Hall–Kier alpha value is -1.09. The number of hydrogen-bond donors (Lipinski definition) is 1. The molecule has 0 aliphatic heterocycles. The Bertz CT molecular complexity index is 385. The van der Waals surface area contributed by atoms with Crippen LogP contribution in [0.1, 0.15) is 27.0 Å². The van der Waals surface area contributed by atoms with E-state index in [-0.39, 0.29) is 0 Å². The number of benzene rings is 1. The Morgan fingerprint density at radius 1 is 1.40 bits per heavy atom. The lowest BCUT2D eigenvalue weighted by Gasteiger charge is -2.06. The molecule has 0 amide bonds. The van der Waals surface area contributed by atoms with Gasteiger partial charge in [0.1, 0.15) is 0 Å². The van der Waals surface area contributed by atoms with Crippen LogP contribution in [0.2, 0.25) is 0 Å². The zero-order chi connectivity index (χ0) is 11.4. The van der Waals surface area contributed by atoms with Crippen molar-refractivity contribution in [2.45, 2.75) is 13.8 Å². The van der Waals surface area contributed by atoms with Crippen molar-refractivity contribution in [2.24, 2.45) is 0 Å². The molecule has 1 aromatic carbocycles. The highest BCUT2D eigenvalue weighted by Gasteiger charge is 2.10. The SMILES string of the molecule is Cc1cc(C=CCBr)cc(C)c1C(=O)O. The second-order valence-electron chi connectivity index (χ2n) is 3.39. The van der Waals surface area contributed by atoms with Gasteiger partial charge < -0.3 is 5.11 Å². The average molecular weight is 269 g/mol. The summed E-state index contributed by atoms with van der Waals surface area (Å²) in [6.45, 7) is 3.64. The molecule has 0 radical (unpaired) electrons. The van der Waals surface area contributed by atoms with E-state index in [0.29, 0.717) is 5.56 Å². The Morgan fingerprint density at radius 2 is 1.93 bits per heavy atom. The molecule has 0 saturated heterocycles. The third-order valence-electron chi connectivity index (χ3n) is 2.17. The zero-order valence-corrected chi connectivity index (χ0v) is 10.3. The molecule has 0 atom stereocenters. The normalized spacial score (nSPS) is 10.9. The Kier molecular flexibility index (Phi) is 4.09. The highest BCUT2D eigenvalue weighted by Crippen LogP contribution is 2.17. The second kappa shape index (κ2) is 5.12. The molecular formula is C12H13BrO2. The molecule has 15 heavy (non-hydrogen) atoms. The third-order valence-corrected chi connectivity index (χ3v) is 2.54. The first-order valence-corrected chi connectivity index (χ1v) is 5.75. The molecular weight excluding hydrogens is 256 g/mol. The molecule has 0 spiro atoms. The minimum atomic E-state index is -0.860. The van der Waals surface area contributed by atoms with Gasteiger partial charge in [-0.3, -0.25) is 0 Å². The van der Waals surface area contributed by atoms with Crippen LogP contribution >= 0.6 is 15.9 Å². The molecule has 0 heterocycles. The van der Waals surface area contributed by atoms with Gasteiger partial charge in [0, 0.05) is 5.33 Å². The van der Waals surface area contributed by atoms with E-state index in [9.17, 15) is 4.79 Å². The predicted octanol–water partition coefficient (Wildman–Crippen LogP) is 3.41. The van der Waals surface area contributed by atoms with Crippen molar-refractivity contribution in [1.29, 1.82) is 0 Å². The van der Waals surface area contributed by atoms with Gasteiger partial charge in [0.05, 0.1) is 5.56 Å². The van der Waals surface area contributed by atoms with Gasteiger partial charge in [0.15, 0.2) is 0 Å². The van der Waals surface area contributed by atoms with Crippen LogP contribution in [0.5, 0.6) is 0 Å². The molecule has 3 heteroatoms. The molecule has 0 saturated carbocycles. The van der Waals surface area contributed by atoms with Gasteiger partial charge in [-0.25, -0.2) is 4.79 Å². The fraction of sp³-hybridized carbons (Fsp3) is 0.250. The highest BCUT2D eigenvalue weighted by molar-refractivity contribution is 9.09. The van der Waals surface area contributed by atoms with E-state index in [2.05, 4.69) is 15.9 Å². The molecule has 1 aromatic rings. The number of carboxylic acid groups (broad SMARTS) is 1. The Morgan fingerprint density at radius 3 is 2.33 bits per heavy atom. The van der Waals surface area contributed by atoms with Gasteiger partial charge in [-0.1, -0.05) is 40.2 Å². The summed E-state index contributed by atoms with van der Waals surface area (Å²) in [6, 6.07) is 3.77. The van der Waals surface area contributed by atoms with E-state index in [1.807, 2.05) is 38.1 Å². The molecule has 0 unspecified atom stereocenters. The minimum absolute atomic E-state index is 0.408. The zero-order valence-electron chi connectivity index (χ0n) is 8.75. The van der Waals surface area contributed by atoms with Gasteiger partial charge in [0.2, 0.25) is 0 Å². The maximum Gasteiger partial charge on any atom is 0.336 e. The van der Waals surface area contributed by atoms with E-state index in [4.69, 9.17) is 5.11 Å². The van der Waals surface area contributed by atoms with Gasteiger partial charge in [-0.2, -0.15) is 0 Å². The lowest BCUT2D eigenvalue weighted by molar-refractivity contribution is 0.0695. The summed E-state index contributed by atoms with van der Waals surface area (Å²) in [5, 5.41) is 9.79. The summed E-state index contributed by atoms with van der Waals surface area (Å²) >= 11 is 3.30. The third kappa shape index (κ3) is 2.93. The number of halogens is 1. The lowest BCUT2D eigenvalue weighted by atomic mass is 9.99. The van der Waals surface area contributed by atoms with E-state index < -0.39 is 5.97 Å². The van der Waals surface area contributed by atoms with Crippen molar-refractivity contribution >= 4 is 28.0 Å². The summed E-state index contributed by atoms with van der Waals surface area (Å²) in [6.07, 6.45) is 3.95. The quantitative estimate of drug-likeness (QED) is 0.854.